The number of carbonyl (C=O) groups is 1. The van der Waals surface area contributed by atoms with Gasteiger partial charge in [-0.05, 0) is 6.42 Å². The van der Waals surface area contributed by atoms with E-state index in [1.54, 1.807) is 0 Å². The predicted molar refractivity (Wildman–Crippen MR) is 44.3 cm³/mol. The molecule has 0 aliphatic rings. The molecule has 1 heterocycles. The number of carboxylic acid groups (broad SMARTS) is 1. The summed E-state index contributed by atoms with van der Waals surface area (Å²) in [4.78, 5) is 10.8. The number of hydrogen-bond acceptors (Lipinski definition) is 4. The van der Waals surface area contributed by atoms with Crippen LogP contribution < -0.4 is 5.11 Å². The Morgan fingerprint density at radius 2 is 2.23 bits per heavy atom. The van der Waals surface area contributed by atoms with Crippen LogP contribution in [0.25, 0.3) is 0 Å². The fourth-order valence-corrected chi connectivity index (χ4v) is 1.19. The highest BCUT2D eigenvalue weighted by atomic mass is 16.5. The molecule has 0 N–H and O–H groups in total. The van der Waals surface area contributed by atoms with Gasteiger partial charge in [-0.1, -0.05) is 25.9 Å². The van der Waals surface area contributed by atoms with Crippen LogP contribution in [0.15, 0.2) is 4.52 Å². The average Bonchev–Trinajstić information content (AvgIpc) is 2.46. The molecule has 0 saturated carbocycles. The summed E-state index contributed by atoms with van der Waals surface area (Å²) >= 11 is 0. The van der Waals surface area contributed by atoms with Crippen molar-refractivity contribution in [1.82, 2.24) is 5.16 Å². The number of hydrogen-bond donors (Lipinski definition) is 0. The molecule has 72 valence electrons. The predicted octanol–water partition coefficient (Wildman–Crippen LogP) is 0.724. The van der Waals surface area contributed by atoms with Crippen LogP contribution >= 0.6 is 0 Å². The molecule has 0 unspecified atom stereocenters. The molecule has 1 rings (SSSR count). The standard InChI is InChI=1S/C9H13NO3/c1-4-6-7(9(11)12)8(5(2)3)13-10-6/h5H,4H2,1-3H3,(H,11,12)/p-1. The number of nitrogens with zero attached hydrogens (tertiary/aromatic N) is 1. The molecule has 4 heteroatoms. The Hall–Kier alpha value is -1.32. The third-order valence-electron chi connectivity index (χ3n) is 1.85. The molecular weight excluding hydrogens is 170 g/mol. The van der Waals surface area contributed by atoms with Crippen LogP contribution in [0.3, 0.4) is 0 Å². The van der Waals surface area contributed by atoms with Crippen molar-refractivity contribution in [1.29, 1.82) is 0 Å². The molecule has 0 fully saturated rings. The van der Waals surface area contributed by atoms with Crippen molar-refractivity contribution in [2.45, 2.75) is 33.1 Å². The summed E-state index contributed by atoms with van der Waals surface area (Å²) in [6.45, 7) is 5.53. The van der Waals surface area contributed by atoms with Crippen LogP contribution in [0.1, 0.15) is 48.5 Å². The second kappa shape index (κ2) is 3.60. The molecule has 0 atom stereocenters. The van der Waals surface area contributed by atoms with E-state index in [0.29, 0.717) is 17.9 Å². The molecule has 0 radical (unpaired) electrons. The Labute approximate surface area is 76.5 Å². The van der Waals surface area contributed by atoms with Gasteiger partial charge >= 0.3 is 0 Å². The van der Waals surface area contributed by atoms with Gasteiger partial charge in [0.25, 0.3) is 0 Å². The first kappa shape index (κ1) is 9.77. The van der Waals surface area contributed by atoms with Gasteiger partial charge in [0, 0.05) is 5.92 Å². The molecule has 4 nitrogen and oxygen atoms in total. The highest BCUT2D eigenvalue weighted by molar-refractivity contribution is 5.88. The second-order valence-corrected chi connectivity index (χ2v) is 3.16. The summed E-state index contributed by atoms with van der Waals surface area (Å²) in [6.07, 6.45) is 0.541. The van der Waals surface area contributed by atoms with Gasteiger partial charge in [0.15, 0.2) is 0 Å². The molecule has 0 aliphatic carbocycles. The monoisotopic (exact) mass is 182 g/mol. The summed E-state index contributed by atoms with van der Waals surface area (Å²) in [5, 5.41) is 14.4. The normalized spacial score (nSPS) is 10.8. The zero-order valence-electron chi connectivity index (χ0n) is 7.96. The number of rotatable bonds is 3. The fraction of sp³-hybridized carbons (Fsp3) is 0.556. The molecular formula is C9H12NO3-. The van der Waals surface area contributed by atoms with Crippen molar-refractivity contribution < 1.29 is 14.4 Å². The van der Waals surface area contributed by atoms with Crippen molar-refractivity contribution in [3.63, 3.8) is 0 Å². The van der Waals surface area contributed by atoms with E-state index >= 15 is 0 Å². The van der Waals surface area contributed by atoms with Crippen molar-refractivity contribution in [2.75, 3.05) is 0 Å². The second-order valence-electron chi connectivity index (χ2n) is 3.16. The Kier molecular flexibility index (Phi) is 2.70. The van der Waals surface area contributed by atoms with Crippen LogP contribution in [0.5, 0.6) is 0 Å². The fourth-order valence-electron chi connectivity index (χ4n) is 1.19. The summed E-state index contributed by atoms with van der Waals surface area (Å²) in [6, 6.07) is 0. The van der Waals surface area contributed by atoms with Crippen LogP contribution in [-0.4, -0.2) is 11.1 Å². The van der Waals surface area contributed by atoms with Gasteiger partial charge in [0.1, 0.15) is 5.76 Å². The van der Waals surface area contributed by atoms with Gasteiger partial charge in [-0.3, -0.25) is 0 Å². The third-order valence-corrected chi connectivity index (χ3v) is 1.85. The number of aryl methyl sites for hydroxylation is 1. The van der Waals surface area contributed by atoms with Gasteiger partial charge in [-0.2, -0.15) is 0 Å². The van der Waals surface area contributed by atoms with Crippen LogP contribution in [-0.2, 0) is 6.42 Å². The lowest BCUT2D eigenvalue weighted by Gasteiger charge is -2.05. The molecule has 0 aromatic carbocycles. The summed E-state index contributed by atoms with van der Waals surface area (Å²) in [7, 11) is 0. The minimum Gasteiger partial charge on any atom is -0.545 e. The SMILES string of the molecule is CCc1noc(C(C)C)c1C(=O)[O-]. The zero-order valence-corrected chi connectivity index (χ0v) is 7.96. The minimum absolute atomic E-state index is 0.0145. The first-order valence-electron chi connectivity index (χ1n) is 4.27. The molecule has 0 spiro atoms. The number of aromatic nitrogens is 1. The summed E-state index contributed by atoms with van der Waals surface area (Å²) < 4.78 is 4.94. The summed E-state index contributed by atoms with van der Waals surface area (Å²) in [5.74, 6) is -0.792. The Balaban J connectivity index is 3.22. The first-order valence-corrected chi connectivity index (χ1v) is 4.27. The Bertz CT molecular complexity index is 315. The molecule has 1 aromatic rings. The Morgan fingerprint density at radius 1 is 1.62 bits per heavy atom. The van der Waals surface area contributed by atoms with E-state index in [0.717, 1.165) is 0 Å². The number of carboxylic acids is 1. The maximum absolute atomic E-state index is 10.8. The van der Waals surface area contributed by atoms with E-state index in [2.05, 4.69) is 5.16 Å². The van der Waals surface area contributed by atoms with Crippen molar-refractivity contribution in [3.05, 3.63) is 17.0 Å². The molecule has 1 aromatic heterocycles. The zero-order chi connectivity index (χ0) is 10.0. The highest BCUT2D eigenvalue weighted by Gasteiger charge is 2.17. The highest BCUT2D eigenvalue weighted by Crippen LogP contribution is 2.22. The summed E-state index contributed by atoms with van der Waals surface area (Å²) in [5.41, 5.74) is 0.584. The third kappa shape index (κ3) is 1.71. The number of aromatic carboxylic acids is 1. The van der Waals surface area contributed by atoms with Gasteiger partial charge in [0.2, 0.25) is 0 Å². The number of carbonyl (C=O) groups excluding carboxylic acids is 1. The van der Waals surface area contributed by atoms with Gasteiger partial charge < -0.3 is 14.4 Å². The van der Waals surface area contributed by atoms with E-state index < -0.39 is 5.97 Å². The lowest BCUT2D eigenvalue weighted by atomic mass is 10.0. The smallest absolute Gasteiger partial charge is 0.148 e. The average molecular weight is 182 g/mol. The van der Waals surface area contributed by atoms with E-state index in [1.165, 1.54) is 0 Å². The quantitative estimate of drug-likeness (QED) is 0.691. The van der Waals surface area contributed by atoms with E-state index in [9.17, 15) is 9.90 Å². The molecule has 0 saturated heterocycles. The molecule has 13 heavy (non-hydrogen) atoms. The largest absolute Gasteiger partial charge is 0.545 e. The van der Waals surface area contributed by atoms with Crippen LogP contribution in [0.4, 0.5) is 0 Å². The molecule has 0 aliphatic heterocycles. The topological polar surface area (TPSA) is 66.2 Å². The van der Waals surface area contributed by atoms with Crippen LogP contribution in [0, 0.1) is 0 Å². The lowest BCUT2D eigenvalue weighted by Crippen LogP contribution is -2.24. The van der Waals surface area contributed by atoms with Crippen molar-refractivity contribution >= 4 is 5.97 Å². The first-order chi connectivity index (χ1) is 6.07. The van der Waals surface area contributed by atoms with E-state index in [4.69, 9.17) is 4.52 Å². The van der Waals surface area contributed by atoms with Crippen LogP contribution in [0.2, 0.25) is 0 Å². The van der Waals surface area contributed by atoms with Gasteiger partial charge in [-0.25, -0.2) is 0 Å². The van der Waals surface area contributed by atoms with E-state index in [-0.39, 0.29) is 11.5 Å². The van der Waals surface area contributed by atoms with Crippen molar-refractivity contribution in [3.8, 4) is 0 Å². The maximum Gasteiger partial charge on any atom is 0.148 e. The van der Waals surface area contributed by atoms with Gasteiger partial charge in [0.05, 0.1) is 17.2 Å². The molecule has 0 bridgehead atoms. The lowest BCUT2D eigenvalue weighted by molar-refractivity contribution is -0.255. The molecule has 0 amide bonds. The van der Waals surface area contributed by atoms with E-state index in [1.807, 2.05) is 20.8 Å². The Morgan fingerprint density at radius 3 is 2.62 bits per heavy atom. The minimum atomic E-state index is -1.21. The maximum atomic E-state index is 10.8. The van der Waals surface area contributed by atoms with Gasteiger partial charge in [-0.15, -0.1) is 0 Å². The van der Waals surface area contributed by atoms with Crippen molar-refractivity contribution in [2.24, 2.45) is 0 Å².